The molecular formula is C11H11N3OS. The van der Waals surface area contributed by atoms with Crippen LogP contribution < -0.4 is 11.1 Å². The van der Waals surface area contributed by atoms with Crippen molar-refractivity contribution in [3.8, 4) is 0 Å². The first-order valence-electron chi connectivity index (χ1n) is 5.18. The molecule has 1 fully saturated rings. The number of pyridine rings is 1. The number of hydrogen-bond donors (Lipinski definition) is 2. The number of anilines is 1. The molecule has 2 aromatic rings. The molecule has 0 radical (unpaired) electrons. The highest BCUT2D eigenvalue weighted by atomic mass is 32.1. The molecule has 2 aromatic heterocycles. The summed E-state index contributed by atoms with van der Waals surface area (Å²) in [5.41, 5.74) is 5.52. The van der Waals surface area contributed by atoms with Crippen molar-refractivity contribution in [2.75, 3.05) is 5.32 Å². The first-order valence-corrected chi connectivity index (χ1v) is 6.00. The van der Waals surface area contributed by atoms with Gasteiger partial charge in [-0.2, -0.15) is 0 Å². The SMILES string of the molecule is NC(=O)c1cc2sc(NC3CC3)cc2cn1. The Hall–Kier alpha value is -1.62. The highest BCUT2D eigenvalue weighted by molar-refractivity contribution is 7.22. The van der Waals surface area contributed by atoms with Gasteiger partial charge in [0.05, 0.1) is 5.00 Å². The zero-order chi connectivity index (χ0) is 11.1. The zero-order valence-corrected chi connectivity index (χ0v) is 9.38. The van der Waals surface area contributed by atoms with E-state index in [0.29, 0.717) is 11.7 Å². The summed E-state index contributed by atoms with van der Waals surface area (Å²) in [7, 11) is 0. The molecule has 16 heavy (non-hydrogen) atoms. The van der Waals surface area contributed by atoms with Crippen LogP contribution >= 0.6 is 11.3 Å². The molecule has 1 amide bonds. The second-order valence-electron chi connectivity index (χ2n) is 4.00. The lowest BCUT2D eigenvalue weighted by atomic mass is 10.3. The number of carbonyl (C=O) groups is 1. The van der Waals surface area contributed by atoms with Gasteiger partial charge in [0.2, 0.25) is 0 Å². The third-order valence-electron chi connectivity index (χ3n) is 2.58. The van der Waals surface area contributed by atoms with Gasteiger partial charge in [-0.25, -0.2) is 0 Å². The molecule has 0 spiro atoms. The van der Waals surface area contributed by atoms with Crippen LogP contribution in [0.15, 0.2) is 18.3 Å². The molecule has 3 N–H and O–H groups in total. The number of fused-ring (bicyclic) bond motifs is 1. The van der Waals surface area contributed by atoms with Crippen molar-refractivity contribution in [2.24, 2.45) is 5.73 Å². The van der Waals surface area contributed by atoms with Gasteiger partial charge in [-0.3, -0.25) is 9.78 Å². The number of nitrogens with two attached hydrogens (primary N) is 1. The van der Waals surface area contributed by atoms with E-state index in [4.69, 9.17) is 5.73 Å². The van der Waals surface area contributed by atoms with Crippen LogP contribution in [0, 0.1) is 0 Å². The number of nitrogens with zero attached hydrogens (tertiary/aromatic N) is 1. The number of amides is 1. The Morgan fingerprint density at radius 1 is 1.50 bits per heavy atom. The fourth-order valence-electron chi connectivity index (χ4n) is 1.57. The summed E-state index contributed by atoms with van der Waals surface area (Å²) in [6.45, 7) is 0. The van der Waals surface area contributed by atoms with Gasteiger partial charge in [0.25, 0.3) is 5.91 Å². The van der Waals surface area contributed by atoms with Crippen LogP contribution in [0.5, 0.6) is 0 Å². The monoisotopic (exact) mass is 233 g/mol. The Labute approximate surface area is 96.5 Å². The maximum Gasteiger partial charge on any atom is 0.267 e. The van der Waals surface area contributed by atoms with Crippen LogP contribution in [0.25, 0.3) is 10.1 Å². The Morgan fingerprint density at radius 3 is 3.00 bits per heavy atom. The Balaban J connectivity index is 1.99. The molecule has 1 saturated carbocycles. The molecule has 4 nitrogen and oxygen atoms in total. The minimum atomic E-state index is -0.480. The Bertz CT molecular complexity index is 559. The van der Waals surface area contributed by atoms with Crippen LogP contribution in [0.3, 0.4) is 0 Å². The molecule has 0 saturated heterocycles. The molecule has 0 aromatic carbocycles. The van der Waals surface area contributed by atoms with Gasteiger partial charge in [0.1, 0.15) is 5.69 Å². The van der Waals surface area contributed by atoms with Crippen molar-refractivity contribution in [3.63, 3.8) is 0 Å². The van der Waals surface area contributed by atoms with Gasteiger partial charge in [0.15, 0.2) is 0 Å². The van der Waals surface area contributed by atoms with E-state index in [-0.39, 0.29) is 0 Å². The summed E-state index contributed by atoms with van der Waals surface area (Å²) < 4.78 is 1.05. The third-order valence-corrected chi connectivity index (χ3v) is 3.61. The van der Waals surface area contributed by atoms with Crippen molar-refractivity contribution in [3.05, 3.63) is 24.0 Å². The lowest BCUT2D eigenvalue weighted by Gasteiger charge is -1.96. The van der Waals surface area contributed by atoms with E-state index in [1.807, 2.05) is 0 Å². The molecule has 2 heterocycles. The molecule has 5 heteroatoms. The van der Waals surface area contributed by atoms with Crippen molar-refractivity contribution in [1.82, 2.24) is 4.98 Å². The second-order valence-corrected chi connectivity index (χ2v) is 5.08. The number of rotatable bonds is 3. The number of thiophene rings is 1. The minimum Gasteiger partial charge on any atom is -0.374 e. The second kappa shape index (κ2) is 3.45. The fraction of sp³-hybridized carbons (Fsp3) is 0.273. The van der Waals surface area contributed by atoms with E-state index >= 15 is 0 Å². The van der Waals surface area contributed by atoms with Gasteiger partial charge in [-0.1, -0.05) is 0 Å². The normalized spacial score (nSPS) is 15.2. The molecule has 0 unspecified atom stereocenters. The van der Waals surface area contributed by atoms with Crippen LogP contribution in [0.1, 0.15) is 23.3 Å². The van der Waals surface area contributed by atoms with E-state index in [1.54, 1.807) is 23.6 Å². The van der Waals surface area contributed by atoms with Crippen LogP contribution in [0.4, 0.5) is 5.00 Å². The van der Waals surface area contributed by atoms with Crippen molar-refractivity contribution < 1.29 is 4.79 Å². The summed E-state index contributed by atoms with van der Waals surface area (Å²) in [6, 6.07) is 4.45. The van der Waals surface area contributed by atoms with E-state index in [9.17, 15) is 4.79 Å². The summed E-state index contributed by atoms with van der Waals surface area (Å²) in [4.78, 5) is 15.0. The molecule has 0 bridgehead atoms. The van der Waals surface area contributed by atoms with E-state index in [1.165, 1.54) is 12.8 Å². The third kappa shape index (κ3) is 1.74. The van der Waals surface area contributed by atoms with Crippen LogP contribution in [-0.2, 0) is 0 Å². The van der Waals surface area contributed by atoms with Crippen molar-refractivity contribution in [2.45, 2.75) is 18.9 Å². The van der Waals surface area contributed by atoms with Crippen molar-refractivity contribution >= 4 is 32.3 Å². The van der Waals surface area contributed by atoms with E-state index < -0.39 is 5.91 Å². The average Bonchev–Trinajstić information content (AvgIpc) is 2.96. The largest absolute Gasteiger partial charge is 0.374 e. The topological polar surface area (TPSA) is 68.0 Å². The number of carbonyl (C=O) groups excluding carboxylic acids is 1. The average molecular weight is 233 g/mol. The molecular weight excluding hydrogens is 222 g/mol. The van der Waals surface area contributed by atoms with E-state index in [2.05, 4.69) is 16.4 Å². The summed E-state index contributed by atoms with van der Waals surface area (Å²) in [6.07, 6.45) is 4.20. The van der Waals surface area contributed by atoms with Gasteiger partial charge < -0.3 is 11.1 Å². The first-order chi connectivity index (χ1) is 7.72. The maximum atomic E-state index is 11.0. The highest BCUT2D eigenvalue weighted by Gasteiger charge is 2.21. The number of hydrogen-bond acceptors (Lipinski definition) is 4. The Morgan fingerprint density at radius 2 is 2.31 bits per heavy atom. The maximum absolute atomic E-state index is 11.0. The van der Waals surface area contributed by atoms with Gasteiger partial charge in [0, 0.05) is 22.3 Å². The van der Waals surface area contributed by atoms with Crippen LogP contribution in [-0.4, -0.2) is 16.9 Å². The molecule has 82 valence electrons. The van der Waals surface area contributed by atoms with E-state index in [0.717, 1.165) is 15.1 Å². The smallest absolute Gasteiger partial charge is 0.267 e. The lowest BCUT2D eigenvalue weighted by Crippen LogP contribution is -2.12. The molecule has 0 atom stereocenters. The number of primary amides is 1. The number of aromatic nitrogens is 1. The molecule has 1 aliphatic carbocycles. The molecule has 3 rings (SSSR count). The summed E-state index contributed by atoms with van der Waals surface area (Å²) in [5, 5.41) is 5.62. The summed E-state index contributed by atoms with van der Waals surface area (Å²) in [5.74, 6) is -0.480. The quantitative estimate of drug-likeness (QED) is 0.851. The van der Waals surface area contributed by atoms with Gasteiger partial charge >= 0.3 is 0 Å². The first kappa shape index (κ1) is 9.59. The minimum absolute atomic E-state index is 0.326. The standard InChI is InChI=1S/C11H11N3OS/c12-11(15)8-4-9-6(5-13-8)3-10(16-9)14-7-1-2-7/h3-5,7,14H,1-2H2,(H2,12,15). The fourth-order valence-corrected chi connectivity index (χ4v) is 2.62. The predicted molar refractivity (Wildman–Crippen MR) is 64.8 cm³/mol. The van der Waals surface area contributed by atoms with Crippen molar-refractivity contribution in [1.29, 1.82) is 0 Å². The molecule has 1 aliphatic rings. The highest BCUT2D eigenvalue weighted by Crippen LogP contribution is 2.33. The van der Waals surface area contributed by atoms with Crippen LogP contribution in [0.2, 0.25) is 0 Å². The summed E-state index contributed by atoms with van der Waals surface area (Å²) >= 11 is 1.64. The number of nitrogens with one attached hydrogen (secondary N) is 1. The molecule has 0 aliphatic heterocycles. The Kier molecular flexibility index (Phi) is 2.07. The zero-order valence-electron chi connectivity index (χ0n) is 8.56. The predicted octanol–water partition coefficient (Wildman–Crippen LogP) is 1.97. The lowest BCUT2D eigenvalue weighted by molar-refractivity contribution is 0.0996. The van der Waals surface area contributed by atoms with Gasteiger partial charge in [-0.05, 0) is 25.0 Å². The van der Waals surface area contributed by atoms with Gasteiger partial charge in [-0.15, -0.1) is 11.3 Å².